The monoisotopic (exact) mass is 365 g/mol. The molecule has 2 aromatic carbocycles. The molecular formula is C21H23N3O3. The van der Waals surface area contributed by atoms with Crippen molar-refractivity contribution in [2.45, 2.75) is 26.9 Å². The summed E-state index contributed by atoms with van der Waals surface area (Å²) in [5, 5.41) is 0.580. The normalized spacial score (nSPS) is 11.1. The predicted octanol–water partition coefficient (Wildman–Crippen LogP) is 3.16. The summed E-state index contributed by atoms with van der Waals surface area (Å²) in [5.74, 6) is 1.37. The maximum absolute atomic E-state index is 12.2. The number of Topliss-reactive ketones (excluding diaryl/α,β-unsaturated/α-hetero) is 1. The number of carbonyl (C=O) groups is 1. The molecule has 3 rings (SSSR count). The SMILES string of the molecule is CCOc1ccc(C(C)=O)cc1CN(C)Cc1nc2ccccc2c(=O)[nH]1. The van der Waals surface area contributed by atoms with Crippen molar-refractivity contribution in [2.75, 3.05) is 13.7 Å². The smallest absolute Gasteiger partial charge is 0.258 e. The molecule has 3 aromatic rings. The average Bonchev–Trinajstić information content (AvgIpc) is 2.63. The van der Waals surface area contributed by atoms with E-state index in [1.165, 1.54) is 0 Å². The minimum absolute atomic E-state index is 0.0162. The first kappa shape index (κ1) is 18.8. The van der Waals surface area contributed by atoms with Crippen molar-refractivity contribution in [2.24, 2.45) is 0 Å². The maximum Gasteiger partial charge on any atom is 0.258 e. The van der Waals surface area contributed by atoms with E-state index in [2.05, 4.69) is 9.97 Å². The lowest BCUT2D eigenvalue weighted by molar-refractivity contribution is 0.101. The van der Waals surface area contributed by atoms with E-state index in [0.717, 1.165) is 11.3 Å². The second-order valence-electron chi connectivity index (χ2n) is 6.51. The Balaban J connectivity index is 1.83. The first-order valence-electron chi connectivity index (χ1n) is 8.91. The van der Waals surface area contributed by atoms with Crippen molar-refractivity contribution in [1.82, 2.24) is 14.9 Å². The molecular weight excluding hydrogens is 342 g/mol. The van der Waals surface area contributed by atoms with Crippen LogP contribution >= 0.6 is 0 Å². The van der Waals surface area contributed by atoms with E-state index in [0.29, 0.717) is 42.0 Å². The molecule has 0 amide bonds. The summed E-state index contributed by atoms with van der Waals surface area (Å²) in [7, 11) is 1.94. The van der Waals surface area contributed by atoms with E-state index in [9.17, 15) is 9.59 Å². The first-order chi connectivity index (χ1) is 13.0. The number of nitrogens with one attached hydrogen (secondary N) is 1. The second-order valence-corrected chi connectivity index (χ2v) is 6.51. The third-order valence-electron chi connectivity index (χ3n) is 4.29. The zero-order valence-corrected chi connectivity index (χ0v) is 15.8. The van der Waals surface area contributed by atoms with Crippen molar-refractivity contribution < 1.29 is 9.53 Å². The van der Waals surface area contributed by atoms with Crippen LogP contribution in [0.5, 0.6) is 5.75 Å². The molecule has 1 N–H and O–H groups in total. The highest BCUT2D eigenvalue weighted by Crippen LogP contribution is 2.22. The van der Waals surface area contributed by atoms with Crippen LogP contribution in [0.3, 0.4) is 0 Å². The first-order valence-corrected chi connectivity index (χ1v) is 8.91. The molecule has 0 bridgehead atoms. The Labute approximate surface area is 157 Å². The number of para-hydroxylation sites is 1. The fraction of sp³-hybridized carbons (Fsp3) is 0.286. The van der Waals surface area contributed by atoms with Gasteiger partial charge in [-0.15, -0.1) is 0 Å². The number of fused-ring (bicyclic) bond motifs is 1. The van der Waals surface area contributed by atoms with Gasteiger partial charge in [0.25, 0.3) is 5.56 Å². The number of nitrogens with zero attached hydrogens (tertiary/aromatic N) is 2. The highest BCUT2D eigenvalue weighted by atomic mass is 16.5. The molecule has 140 valence electrons. The van der Waals surface area contributed by atoms with E-state index in [1.54, 1.807) is 19.1 Å². The van der Waals surface area contributed by atoms with E-state index in [1.807, 2.05) is 49.2 Å². The van der Waals surface area contributed by atoms with Gasteiger partial charge in [-0.25, -0.2) is 4.98 Å². The Morgan fingerprint density at radius 3 is 2.70 bits per heavy atom. The quantitative estimate of drug-likeness (QED) is 0.651. The number of benzene rings is 2. The summed E-state index contributed by atoms with van der Waals surface area (Å²) in [5.41, 5.74) is 2.12. The van der Waals surface area contributed by atoms with Crippen LogP contribution in [0.2, 0.25) is 0 Å². The van der Waals surface area contributed by atoms with Gasteiger partial charge >= 0.3 is 0 Å². The van der Waals surface area contributed by atoms with Gasteiger partial charge in [-0.05, 0) is 51.2 Å². The number of aromatic amines is 1. The Kier molecular flexibility index (Phi) is 5.66. The van der Waals surface area contributed by atoms with Gasteiger partial charge in [0.1, 0.15) is 11.6 Å². The Morgan fingerprint density at radius 2 is 1.96 bits per heavy atom. The molecule has 0 radical (unpaired) electrons. The number of aromatic nitrogens is 2. The second kappa shape index (κ2) is 8.14. The third kappa shape index (κ3) is 4.41. The number of rotatable bonds is 7. The van der Waals surface area contributed by atoms with E-state index >= 15 is 0 Å². The number of carbonyl (C=O) groups excluding carboxylic acids is 1. The van der Waals surface area contributed by atoms with Crippen LogP contribution in [-0.4, -0.2) is 34.3 Å². The van der Waals surface area contributed by atoms with Gasteiger partial charge in [0.05, 0.1) is 24.1 Å². The van der Waals surface area contributed by atoms with Crippen LogP contribution in [-0.2, 0) is 13.1 Å². The zero-order chi connectivity index (χ0) is 19.4. The fourth-order valence-electron chi connectivity index (χ4n) is 3.03. The topological polar surface area (TPSA) is 75.3 Å². The Hall–Kier alpha value is -2.99. The standard InChI is InChI=1S/C21H23N3O3/c1-4-27-19-10-9-15(14(2)25)11-16(19)12-24(3)13-20-22-18-8-6-5-7-17(18)21(26)23-20/h5-11H,4,12-13H2,1-3H3,(H,22,23,26). The molecule has 0 saturated heterocycles. The zero-order valence-electron chi connectivity index (χ0n) is 15.8. The van der Waals surface area contributed by atoms with Crippen molar-refractivity contribution in [3.63, 3.8) is 0 Å². The van der Waals surface area contributed by atoms with E-state index in [-0.39, 0.29) is 11.3 Å². The number of H-pyrrole nitrogens is 1. The van der Waals surface area contributed by atoms with Crippen LogP contribution in [0.4, 0.5) is 0 Å². The van der Waals surface area contributed by atoms with Gasteiger partial charge in [-0.3, -0.25) is 14.5 Å². The van der Waals surface area contributed by atoms with Crippen molar-refractivity contribution >= 4 is 16.7 Å². The summed E-state index contributed by atoms with van der Waals surface area (Å²) in [6.45, 7) is 5.06. The van der Waals surface area contributed by atoms with Gasteiger partial charge < -0.3 is 9.72 Å². The largest absolute Gasteiger partial charge is 0.494 e. The number of ether oxygens (including phenoxy) is 1. The maximum atomic E-state index is 12.2. The lowest BCUT2D eigenvalue weighted by Gasteiger charge is -2.19. The van der Waals surface area contributed by atoms with Gasteiger partial charge in [0.15, 0.2) is 5.78 Å². The number of hydrogen-bond donors (Lipinski definition) is 1. The van der Waals surface area contributed by atoms with E-state index in [4.69, 9.17) is 4.74 Å². The molecule has 0 aliphatic heterocycles. The Morgan fingerprint density at radius 1 is 1.19 bits per heavy atom. The minimum atomic E-state index is -0.141. The lowest BCUT2D eigenvalue weighted by atomic mass is 10.1. The molecule has 6 heteroatoms. The molecule has 0 atom stereocenters. The van der Waals surface area contributed by atoms with Crippen LogP contribution in [0.1, 0.15) is 35.6 Å². The van der Waals surface area contributed by atoms with E-state index < -0.39 is 0 Å². The predicted molar refractivity (Wildman–Crippen MR) is 105 cm³/mol. The molecule has 6 nitrogen and oxygen atoms in total. The number of hydrogen-bond acceptors (Lipinski definition) is 5. The average molecular weight is 365 g/mol. The van der Waals surface area contributed by atoms with Crippen molar-refractivity contribution in [1.29, 1.82) is 0 Å². The summed E-state index contributed by atoms with van der Waals surface area (Å²) in [4.78, 5) is 33.3. The van der Waals surface area contributed by atoms with Crippen LogP contribution < -0.4 is 10.3 Å². The minimum Gasteiger partial charge on any atom is -0.494 e. The molecule has 0 aliphatic rings. The molecule has 0 fully saturated rings. The summed E-state index contributed by atoms with van der Waals surface area (Å²) >= 11 is 0. The van der Waals surface area contributed by atoms with Crippen molar-refractivity contribution in [3.8, 4) is 5.75 Å². The molecule has 1 heterocycles. The highest BCUT2D eigenvalue weighted by Gasteiger charge is 2.12. The molecule has 27 heavy (non-hydrogen) atoms. The molecule has 0 saturated carbocycles. The molecule has 0 aliphatic carbocycles. The van der Waals surface area contributed by atoms with Gasteiger partial charge in [0.2, 0.25) is 0 Å². The summed E-state index contributed by atoms with van der Waals surface area (Å²) in [6, 6.07) is 12.7. The molecule has 0 unspecified atom stereocenters. The summed E-state index contributed by atoms with van der Waals surface area (Å²) in [6.07, 6.45) is 0. The third-order valence-corrected chi connectivity index (χ3v) is 4.29. The summed E-state index contributed by atoms with van der Waals surface area (Å²) < 4.78 is 5.69. The fourth-order valence-corrected chi connectivity index (χ4v) is 3.03. The van der Waals surface area contributed by atoms with Gasteiger partial charge in [-0.2, -0.15) is 0 Å². The molecule has 0 spiro atoms. The van der Waals surface area contributed by atoms with Crippen LogP contribution in [0.25, 0.3) is 10.9 Å². The van der Waals surface area contributed by atoms with Crippen LogP contribution in [0, 0.1) is 0 Å². The highest BCUT2D eigenvalue weighted by molar-refractivity contribution is 5.94. The Bertz CT molecular complexity index is 1030. The van der Waals surface area contributed by atoms with Gasteiger partial charge in [0, 0.05) is 17.7 Å². The van der Waals surface area contributed by atoms with Crippen LogP contribution in [0.15, 0.2) is 47.3 Å². The number of ketones is 1. The van der Waals surface area contributed by atoms with Gasteiger partial charge in [-0.1, -0.05) is 12.1 Å². The lowest BCUT2D eigenvalue weighted by Crippen LogP contribution is -2.22. The molecule has 1 aromatic heterocycles. The van der Waals surface area contributed by atoms with Crippen molar-refractivity contribution in [3.05, 3.63) is 69.8 Å².